The lowest BCUT2D eigenvalue weighted by molar-refractivity contribution is -0.870. The monoisotopic (exact) mass is 930 g/mol. The van der Waals surface area contributed by atoms with E-state index in [9.17, 15) is 19.4 Å². The number of allylic oxidation sites excluding steroid dienone is 13. The first kappa shape index (κ1) is 62.7. The van der Waals surface area contributed by atoms with Crippen LogP contribution in [0.4, 0.5) is 0 Å². The van der Waals surface area contributed by atoms with Crippen LogP contribution in [0.15, 0.2) is 85.1 Å². The van der Waals surface area contributed by atoms with Gasteiger partial charge in [0.15, 0.2) is 0 Å². The van der Waals surface area contributed by atoms with E-state index in [0.29, 0.717) is 17.4 Å². The fourth-order valence-corrected chi connectivity index (χ4v) is 7.94. The molecule has 0 aliphatic rings. The Hall–Kier alpha value is -2.32. The van der Waals surface area contributed by atoms with Crippen LogP contribution in [0.25, 0.3) is 0 Å². The highest BCUT2D eigenvalue weighted by Gasteiger charge is 2.27. The first-order valence-corrected chi connectivity index (χ1v) is 28.0. The molecule has 65 heavy (non-hydrogen) atoms. The first-order valence-electron chi connectivity index (χ1n) is 26.5. The number of nitrogens with one attached hydrogen (secondary N) is 1. The maximum atomic E-state index is 12.9. The van der Waals surface area contributed by atoms with E-state index in [2.05, 4.69) is 92.1 Å². The van der Waals surface area contributed by atoms with Gasteiger partial charge in [-0.25, -0.2) is 4.57 Å². The molecule has 1 amide bonds. The average molecular weight is 930 g/mol. The lowest BCUT2D eigenvalue weighted by atomic mass is 10.0. The van der Waals surface area contributed by atoms with Crippen molar-refractivity contribution in [2.45, 2.75) is 225 Å². The van der Waals surface area contributed by atoms with Gasteiger partial charge in [-0.2, -0.15) is 0 Å². The Balaban J connectivity index is 4.02. The van der Waals surface area contributed by atoms with E-state index in [1.807, 2.05) is 27.2 Å². The average Bonchev–Trinajstić information content (AvgIpc) is 3.26. The third-order valence-electron chi connectivity index (χ3n) is 11.3. The summed E-state index contributed by atoms with van der Waals surface area (Å²) in [5, 5.41) is 13.8. The summed E-state index contributed by atoms with van der Waals surface area (Å²) in [6, 6.07) is -0.864. The van der Waals surface area contributed by atoms with Crippen molar-refractivity contribution in [2.24, 2.45) is 0 Å². The molecule has 376 valence electrons. The number of unbranched alkanes of at least 4 members (excludes halogenated alkanes) is 22. The largest absolute Gasteiger partial charge is 0.472 e. The van der Waals surface area contributed by atoms with Gasteiger partial charge in [-0.1, -0.05) is 214 Å². The first-order chi connectivity index (χ1) is 31.5. The summed E-state index contributed by atoms with van der Waals surface area (Å²) in [6.45, 7) is 4.63. The Morgan fingerprint density at radius 2 is 0.938 bits per heavy atom. The number of carbonyl (C=O) groups excluding carboxylic acids is 1. The second kappa shape index (κ2) is 46.8. The van der Waals surface area contributed by atoms with Gasteiger partial charge in [0.25, 0.3) is 0 Å². The van der Waals surface area contributed by atoms with Gasteiger partial charge in [-0.15, -0.1) is 0 Å². The van der Waals surface area contributed by atoms with Crippen molar-refractivity contribution in [3.8, 4) is 0 Å². The summed E-state index contributed by atoms with van der Waals surface area (Å²) in [4.78, 5) is 23.1. The number of hydrogen-bond donors (Lipinski definition) is 3. The minimum atomic E-state index is -4.35. The van der Waals surface area contributed by atoms with Crippen LogP contribution in [0.3, 0.4) is 0 Å². The molecule has 0 saturated carbocycles. The van der Waals surface area contributed by atoms with Gasteiger partial charge in [0.1, 0.15) is 13.2 Å². The summed E-state index contributed by atoms with van der Waals surface area (Å²) in [7, 11) is 1.55. The summed E-state index contributed by atoms with van der Waals surface area (Å²) >= 11 is 0. The standard InChI is InChI=1S/C56H101N2O6P/c1-6-8-10-12-14-16-18-19-20-21-22-23-24-25-26-27-28-29-30-31-32-33-34-35-36-37-38-39-40-42-44-46-48-50-56(60)57-54(53-64-65(61,62)63-52-51-58(3,4)5)55(59)49-47-45-43-41-17-15-13-11-9-7-2/h8,10,14,16-17,19-20,22-23,25-26,41,47,49,54-55,59H,6-7,9,11-13,15,18,21,24,27-40,42-46,48,50-53H2,1-5H3,(H-,57,60,61,62)/p+1/b10-8-,16-14-,20-19-,23-22-,26-25-,41-17+,49-47+. The molecule has 0 heterocycles. The molecule has 0 saturated heterocycles. The number of rotatable bonds is 47. The minimum absolute atomic E-state index is 0.0537. The van der Waals surface area contributed by atoms with Crippen molar-refractivity contribution in [3.05, 3.63) is 85.1 Å². The van der Waals surface area contributed by atoms with E-state index in [1.165, 1.54) is 122 Å². The second-order valence-corrected chi connectivity index (χ2v) is 20.3. The number of carbonyl (C=O) groups is 1. The maximum Gasteiger partial charge on any atom is 0.472 e. The summed E-state index contributed by atoms with van der Waals surface area (Å²) in [5.41, 5.74) is 0. The molecule has 0 bridgehead atoms. The van der Waals surface area contributed by atoms with Crippen LogP contribution in [-0.4, -0.2) is 73.4 Å². The molecule has 0 aromatic heterocycles. The highest BCUT2D eigenvalue weighted by Crippen LogP contribution is 2.43. The Morgan fingerprint density at radius 1 is 0.538 bits per heavy atom. The van der Waals surface area contributed by atoms with Crippen molar-refractivity contribution in [1.29, 1.82) is 0 Å². The number of phosphoric ester groups is 1. The highest BCUT2D eigenvalue weighted by atomic mass is 31.2. The Morgan fingerprint density at radius 3 is 1.42 bits per heavy atom. The molecule has 3 atom stereocenters. The molecular formula is C56H102N2O6P+. The number of hydrogen-bond acceptors (Lipinski definition) is 5. The molecule has 3 N–H and O–H groups in total. The molecule has 0 rings (SSSR count). The van der Waals surface area contributed by atoms with E-state index in [4.69, 9.17) is 9.05 Å². The van der Waals surface area contributed by atoms with E-state index in [-0.39, 0.29) is 19.1 Å². The van der Waals surface area contributed by atoms with E-state index in [1.54, 1.807) is 6.08 Å². The van der Waals surface area contributed by atoms with Crippen LogP contribution < -0.4 is 5.32 Å². The van der Waals surface area contributed by atoms with E-state index >= 15 is 0 Å². The zero-order chi connectivity index (χ0) is 47.8. The molecule has 9 heteroatoms. The molecule has 0 aliphatic carbocycles. The molecule has 0 fully saturated rings. The summed E-state index contributed by atoms with van der Waals surface area (Å²) < 4.78 is 23.5. The lowest BCUT2D eigenvalue weighted by Crippen LogP contribution is -2.45. The molecule has 0 aromatic carbocycles. The molecule has 0 spiro atoms. The highest BCUT2D eigenvalue weighted by molar-refractivity contribution is 7.47. The molecule has 0 aliphatic heterocycles. The van der Waals surface area contributed by atoms with Gasteiger partial charge in [-0.3, -0.25) is 13.8 Å². The van der Waals surface area contributed by atoms with Crippen LogP contribution in [0.1, 0.15) is 213 Å². The third-order valence-corrected chi connectivity index (χ3v) is 12.3. The van der Waals surface area contributed by atoms with Gasteiger partial charge in [0.05, 0.1) is 39.9 Å². The van der Waals surface area contributed by atoms with Crippen LogP contribution in [-0.2, 0) is 18.4 Å². The number of likely N-dealkylation sites (N-methyl/N-ethyl adjacent to an activating group) is 1. The van der Waals surface area contributed by atoms with E-state index in [0.717, 1.165) is 70.6 Å². The zero-order valence-electron chi connectivity index (χ0n) is 42.7. The predicted molar refractivity (Wildman–Crippen MR) is 281 cm³/mol. The van der Waals surface area contributed by atoms with E-state index < -0.39 is 20.0 Å². The molecule has 0 aromatic rings. The Labute approximate surface area is 401 Å². The molecule has 3 unspecified atom stereocenters. The molecule has 0 radical (unpaired) electrons. The number of nitrogens with zero attached hydrogens (tertiary/aromatic N) is 1. The van der Waals surface area contributed by atoms with Gasteiger partial charge in [0.2, 0.25) is 5.91 Å². The van der Waals surface area contributed by atoms with Gasteiger partial charge in [-0.05, 0) is 77.0 Å². The Kier molecular flexibility index (Phi) is 45.1. The predicted octanol–water partition coefficient (Wildman–Crippen LogP) is 15.7. The third kappa shape index (κ3) is 49.4. The molecule has 8 nitrogen and oxygen atoms in total. The quantitative estimate of drug-likeness (QED) is 0.0243. The van der Waals surface area contributed by atoms with Gasteiger partial charge < -0.3 is 19.8 Å². The van der Waals surface area contributed by atoms with Crippen LogP contribution in [0.5, 0.6) is 0 Å². The second-order valence-electron chi connectivity index (χ2n) is 18.9. The zero-order valence-corrected chi connectivity index (χ0v) is 43.6. The summed E-state index contributed by atoms with van der Waals surface area (Å²) in [5.74, 6) is -0.191. The number of aliphatic hydroxyl groups excluding tert-OH is 1. The smallest absolute Gasteiger partial charge is 0.387 e. The number of aliphatic hydroxyl groups is 1. The fraction of sp³-hybridized carbons (Fsp3) is 0.732. The number of phosphoric acid groups is 1. The lowest BCUT2D eigenvalue weighted by Gasteiger charge is -2.25. The number of quaternary nitrogens is 1. The van der Waals surface area contributed by atoms with Crippen LogP contribution in [0, 0.1) is 0 Å². The van der Waals surface area contributed by atoms with Gasteiger partial charge >= 0.3 is 7.82 Å². The van der Waals surface area contributed by atoms with Gasteiger partial charge in [0, 0.05) is 6.42 Å². The summed E-state index contributed by atoms with van der Waals surface area (Å²) in [6.07, 6.45) is 65.5. The topological polar surface area (TPSA) is 105 Å². The fourth-order valence-electron chi connectivity index (χ4n) is 7.20. The van der Waals surface area contributed by atoms with Crippen molar-refractivity contribution in [2.75, 3.05) is 40.9 Å². The van der Waals surface area contributed by atoms with Crippen molar-refractivity contribution in [3.63, 3.8) is 0 Å². The maximum absolute atomic E-state index is 12.9. The van der Waals surface area contributed by atoms with Crippen LogP contribution in [0.2, 0.25) is 0 Å². The van der Waals surface area contributed by atoms with Crippen molar-refractivity contribution < 1.29 is 32.9 Å². The normalized spacial score (nSPS) is 14.8. The number of amides is 1. The van der Waals surface area contributed by atoms with Crippen molar-refractivity contribution in [1.82, 2.24) is 5.32 Å². The van der Waals surface area contributed by atoms with Crippen molar-refractivity contribution >= 4 is 13.7 Å². The van der Waals surface area contributed by atoms with Crippen LogP contribution >= 0.6 is 7.82 Å². The minimum Gasteiger partial charge on any atom is -0.387 e. The SMILES string of the molecule is CC/C=C\C/C=C\C/C=C\C/C=C\C/C=C\CCCCCCCCCCCCCCCCCCCC(=O)NC(COP(=O)(O)OCC[N+](C)(C)C)C(O)/C=C/CC/C=C/CCCCCC. The molecular weight excluding hydrogens is 828 g/mol. The Bertz CT molecular complexity index is 1330.